The molecule has 1 N–H and O–H groups in total. The highest BCUT2D eigenvalue weighted by Gasteiger charge is 2.33. The van der Waals surface area contributed by atoms with Crippen LogP contribution in [0.3, 0.4) is 0 Å². The van der Waals surface area contributed by atoms with Crippen molar-refractivity contribution in [2.24, 2.45) is 0 Å². The molecule has 128 valence electrons. The number of morpholine rings is 1. The maximum Gasteiger partial charge on any atom is 0.126 e. The van der Waals surface area contributed by atoms with Crippen LogP contribution in [0.25, 0.3) is 11.3 Å². The fraction of sp³-hybridized carbons (Fsp3) is 0.500. The second kappa shape index (κ2) is 7.23. The van der Waals surface area contributed by atoms with Gasteiger partial charge in [-0.05, 0) is 25.0 Å². The van der Waals surface area contributed by atoms with Crippen LogP contribution < -0.4 is 0 Å². The van der Waals surface area contributed by atoms with Crippen LogP contribution in [0.15, 0.2) is 30.5 Å². The minimum Gasteiger partial charge on any atom is -0.381 e. The van der Waals surface area contributed by atoms with Gasteiger partial charge in [0, 0.05) is 36.4 Å². The van der Waals surface area contributed by atoms with Crippen molar-refractivity contribution in [2.45, 2.75) is 24.9 Å². The molecule has 1 aromatic heterocycles. The van der Waals surface area contributed by atoms with Gasteiger partial charge in [-0.15, -0.1) is 0 Å². The topological polar surface area (TPSA) is 50.4 Å². The number of H-pyrrole nitrogens is 1. The van der Waals surface area contributed by atoms with Crippen molar-refractivity contribution >= 4 is 11.6 Å². The number of benzene rings is 1. The number of nitrogens with one attached hydrogen (secondary N) is 1. The van der Waals surface area contributed by atoms with Crippen LogP contribution in [0.4, 0.5) is 0 Å². The number of aromatic nitrogens is 2. The zero-order chi connectivity index (χ0) is 16.4. The predicted molar refractivity (Wildman–Crippen MR) is 93.1 cm³/mol. The van der Waals surface area contributed by atoms with Crippen LogP contribution in [0.5, 0.6) is 0 Å². The third-order valence-corrected chi connectivity index (χ3v) is 5.11. The molecule has 3 heterocycles. The van der Waals surface area contributed by atoms with Gasteiger partial charge in [-0.1, -0.05) is 23.7 Å². The van der Waals surface area contributed by atoms with Crippen LogP contribution >= 0.6 is 11.6 Å². The third-order valence-electron chi connectivity index (χ3n) is 4.88. The molecule has 1 atom stereocenters. The van der Waals surface area contributed by atoms with E-state index in [1.54, 1.807) is 0 Å². The van der Waals surface area contributed by atoms with Gasteiger partial charge in [0.05, 0.1) is 31.1 Å². The van der Waals surface area contributed by atoms with Crippen molar-refractivity contribution in [3.8, 4) is 11.3 Å². The van der Waals surface area contributed by atoms with Gasteiger partial charge in [0.15, 0.2) is 0 Å². The van der Waals surface area contributed by atoms with Crippen LogP contribution in [-0.4, -0.2) is 53.9 Å². The SMILES string of the molecule is Clc1cccc(-c2cnc(C3COCCN3C3CCOCC3)[nH]2)c1. The van der Waals surface area contributed by atoms with E-state index in [4.69, 9.17) is 21.1 Å². The highest BCUT2D eigenvalue weighted by Crippen LogP contribution is 2.30. The van der Waals surface area contributed by atoms with Crippen molar-refractivity contribution in [2.75, 3.05) is 33.0 Å². The fourth-order valence-electron chi connectivity index (χ4n) is 3.62. The molecule has 0 aliphatic carbocycles. The van der Waals surface area contributed by atoms with E-state index >= 15 is 0 Å². The summed E-state index contributed by atoms with van der Waals surface area (Å²) in [4.78, 5) is 10.6. The molecule has 2 aliphatic heterocycles. The van der Waals surface area contributed by atoms with E-state index in [-0.39, 0.29) is 6.04 Å². The summed E-state index contributed by atoms with van der Waals surface area (Å²) < 4.78 is 11.2. The Bertz CT molecular complexity index is 684. The van der Waals surface area contributed by atoms with E-state index in [1.807, 2.05) is 30.5 Å². The van der Waals surface area contributed by atoms with Crippen molar-refractivity contribution < 1.29 is 9.47 Å². The summed E-state index contributed by atoms with van der Waals surface area (Å²) in [6.45, 7) is 4.11. The summed E-state index contributed by atoms with van der Waals surface area (Å²) in [5, 5.41) is 0.730. The van der Waals surface area contributed by atoms with E-state index < -0.39 is 0 Å². The van der Waals surface area contributed by atoms with Crippen LogP contribution in [0.2, 0.25) is 5.02 Å². The second-order valence-corrected chi connectivity index (χ2v) is 6.80. The van der Waals surface area contributed by atoms with E-state index in [2.05, 4.69) is 14.9 Å². The molecule has 4 rings (SSSR count). The third kappa shape index (κ3) is 3.35. The van der Waals surface area contributed by atoms with Gasteiger partial charge in [-0.2, -0.15) is 0 Å². The predicted octanol–water partition coefficient (Wildman–Crippen LogP) is 3.28. The summed E-state index contributed by atoms with van der Waals surface area (Å²) in [6.07, 6.45) is 4.05. The fourth-order valence-corrected chi connectivity index (χ4v) is 3.81. The van der Waals surface area contributed by atoms with Gasteiger partial charge in [0.25, 0.3) is 0 Å². The highest BCUT2D eigenvalue weighted by atomic mass is 35.5. The lowest BCUT2D eigenvalue weighted by molar-refractivity contribution is -0.0589. The zero-order valence-electron chi connectivity index (χ0n) is 13.6. The Morgan fingerprint density at radius 2 is 2.04 bits per heavy atom. The van der Waals surface area contributed by atoms with Gasteiger partial charge in [0.1, 0.15) is 5.82 Å². The molecule has 2 saturated heterocycles. The Morgan fingerprint density at radius 1 is 1.17 bits per heavy atom. The van der Waals surface area contributed by atoms with Gasteiger partial charge in [-0.3, -0.25) is 4.90 Å². The summed E-state index contributed by atoms with van der Waals surface area (Å²) in [5.41, 5.74) is 2.04. The molecular weight excluding hydrogens is 326 g/mol. The number of halogens is 1. The molecule has 0 spiro atoms. The summed E-state index contributed by atoms with van der Waals surface area (Å²) in [5.74, 6) is 0.969. The van der Waals surface area contributed by atoms with Crippen molar-refractivity contribution in [1.29, 1.82) is 0 Å². The van der Waals surface area contributed by atoms with E-state index in [0.29, 0.717) is 12.6 Å². The van der Waals surface area contributed by atoms with Crippen LogP contribution in [-0.2, 0) is 9.47 Å². The van der Waals surface area contributed by atoms with Gasteiger partial charge >= 0.3 is 0 Å². The quantitative estimate of drug-likeness (QED) is 0.925. The molecule has 2 aliphatic rings. The smallest absolute Gasteiger partial charge is 0.126 e. The molecule has 1 unspecified atom stereocenters. The first-order valence-corrected chi connectivity index (χ1v) is 8.91. The number of aromatic amines is 1. The molecule has 6 heteroatoms. The van der Waals surface area contributed by atoms with Crippen molar-refractivity contribution in [3.63, 3.8) is 0 Å². The normalized spacial score (nSPS) is 23.5. The number of ether oxygens (including phenoxy) is 2. The minimum absolute atomic E-state index is 0.176. The van der Waals surface area contributed by atoms with Crippen molar-refractivity contribution in [3.05, 3.63) is 41.3 Å². The van der Waals surface area contributed by atoms with E-state index in [1.165, 1.54) is 0 Å². The minimum atomic E-state index is 0.176. The van der Waals surface area contributed by atoms with Gasteiger partial charge < -0.3 is 14.5 Å². The standard InChI is InChI=1S/C18H22ClN3O2/c19-14-3-1-2-13(10-14)16-11-20-18(21-16)17-12-24-9-6-22(17)15-4-7-23-8-5-15/h1-3,10-11,15,17H,4-9,12H2,(H,20,21). The number of nitrogens with zero attached hydrogens (tertiary/aromatic N) is 2. The number of imidazole rings is 1. The molecule has 5 nitrogen and oxygen atoms in total. The molecule has 0 bridgehead atoms. The lowest BCUT2D eigenvalue weighted by atomic mass is 10.0. The van der Waals surface area contributed by atoms with E-state index in [9.17, 15) is 0 Å². The Labute approximate surface area is 146 Å². The molecule has 2 fully saturated rings. The number of hydrogen-bond donors (Lipinski definition) is 1. The van der Waals surface area contributed by atoms with E-state index in [0.717, 1.165) is 61.3 Å². The summed E-state index contributed by atoms with van der Waals surface area (Å²) >= 11 is 6.10. The largest absolute Gasteiger partial charge is 0.381 e. The van der Waals surface area contributed by atoms with Crippen LogP contribution in [0, 0.1) is 0 Å². The highest BCUT2D eigenvalue weighted by molar-refractivity contribution is 6.30. The molecular formula is C18H22ClN3O2. The molecule has 2 aromatic rings. The average Bonchev–Trinajstić information content (AvgIpc) is 3.12. The first-order chi connectivity index (χ1) is 11.8. The maximum absolute atomic E-state index is 6.10. The first-order valence-electron chi connectivity index (χ1n) is 8.53. The number of hydrogen-bond acceptors (Lipinski definition) is 4. The monoisotopic (exact) mass is 347 g/mol. The molecule has 1 aromatic carbocycles. The lowest BCUT2D eigenvalue weighted by Gasteiger charge is -2.41. The van der Waals surface area contributed by atoms with Gasteiger partial charge in [0.2, 0.25) is 0 Å². The maximum atomic E-state index is 6.10. The zero-order valence-corrected chi connectivity index (χ0v) is 14.3. The lowest BCUT2D eigenvalue weighted by Crippen LogP contribution is -2.48. The number of rotatable bonds is 3. The Kier molecular flexibility index (Phi) is 4.85. The molecule has 0 amide bonds. The first kappa shape index (κ1) is 16.1. The Balaban J connectivity index is 1.57. The summed E-state index contributed by atoms with van der Waals surface area (Å²) in [7, 11) is 0. The van der Waals surface area contributed by atoms with Crippen molar-refractivity contribution in [1.82, 2.24) is 14.9 Å². The molecule has 24 heavy (non-hydrogen) atoms. The molecule has 0 saturated carbocycles. The molecule has 0 radical (unpaired) electrons. The Morgan fingerprint density at radius 3 is 2.88 bits per heavy atom. The second-order valence-electron chi connectivity index (χ2n) is 6.36. The summed E-state index contributed by atoms with van der Waals surface area (Å²) in [6, 6.07) is 8.55. The Hall–Kier alpha value is -1.40. The average molecular weight is 348 g/mol. The van der Waals surface area contributed by atoms with Gasteiger partial charge in [-0.25, -0.2) is 4.98 Å². The van der Waals surface area contributed by atoms with Crippen LogP contribution in [0.1, 0.15) is 24.7 Å².